The van der Waals surface area contributed by atoms with Gasteiger partial charge in [0.1, 0.15) is 0 Å². The molecule has 2 aromatic rings. The monoisotopic (exact) mass is 349 g/mol. The van der Waals surface area contributed by atoms with Crippen molar-refractivity contribution in [2.45, 2.75) is 31.2 Å². The molecule has 0 radical (unpaired) electrons. The highest BCUT2D eigenvalue weighted by Crippen LogP contribution is 2.33. The Hall–Kier alpha value is -3.15. The molecule has 1 fully saturated rings. The van der Waals surface area contributed by atoms with Crippen LogP contribution in [0.1, 0.15) is 41.1 Å². The lowest BCUT2D eigenvalue weighted by atomic mass is 9.89. The van der Waals surface area contributed by atoms with Crippen LogP contribution in [0.25, 0.3) is 0 Å². The van der Waals surface area contributed by atoms with Gasteiger partial charge in [0.15, 0.2) is 0 Å². The van der Waals surface area contributed by atoms with Crippen LogP contribution in [0.4, 0.5) is 11.4 Å². The highest BCUT2D eigenvalue weighted by Gasteiger charge is 2.31. The summed E-state index contributed by atoms with van der Waals surface area (Å²) in [6, 6.07) is 14.4. The molecule has 2 aliphatic rings. The molecule has 0 unspecified atom stereocenters. The van der Waals surface area contributed by atoms with Gasteiger partial charge in [-0.3, -0.25) is 14.4 Å². The van der Waals surface area contributed by atoms with Gasteiger partial charge in [0.05, 0.1) is 17.2 Å². The van der Waals surface area contributed by atoms with Gasteiger partial charge in [-0.1, -0.05) is 30.3 Å². The Morgan fingerprint density at radius 2 is 1.73 bits per heavy atom. The van der Waals surface area contributed by atoms with Crippen LogP contribution in [0.15, 0.2) is 48.5 Å². The van der Waals surface area contributed by atoms with Gasteiger partial charge in [0.2, 0.25) is 11.8 Å². The Balaban J connectivity index is 1.57. The summed E-state index contributed by atoms with van der Waals surface area (Å²) in [5.74, 6) is -1.26. The number of nitrogens with one attached hydrogen (secondary N) is 3. The first kappa shape index (κ1) is 16.3. The third-order valence-corrected chi connectivity index (χ3v) is 4.66. The van der Waals surface area contributed by atoms with Crippen LogP contribution in [0.3, 0.4) is 0 Å². The number of amides is 3. The molecule has 1 aliphatic heterocycles. The SMILES string of the molecule is O=C1C[C@H](C(=O)Nc2ccccc2C(=O)NC2CC2)c2ccccc2N1. The number of para-hydroxylation sites is 2. The Bertz CT molecular complexity index is 889. The van der Waals surface area contributed by atoms with Crippen molar-refractivity contribution in [2.75, 3.05) is 10.6 Å². The van der Waals surface area contributed by atoms with Crippen LogP contribution in [0.5, 0.6) is 0 Å². The summed E-state index contributed by atoms with van der Waals surface area (Å²) >= 11 is 0. The summed E-state index contributed by atoms with van der Waals surface area (Å²) in [5.41, 5.74) is 2.33. The van der Waals surface area contributed by atoms with Crippen LogP contribution in [-0.4, -0.2) is 23.8 Å². The number of rotatable bonds is 4. The van der Waals surface area contributed by atoms with E-state index in [0.717, 1.165) is 18.4 Å². The number of carbonyl (C=O) groups excluding carboxylic acids is 3. The molecule has 1 saturated carbocycles. The first-order chi connectivity index (χ1) is 12.6. The van der Waals surface area contributed by atoms with Gasteiger partial charge in [-0.05, 0) is 36.6 Å². The number of hydrogen-bond donors (Lipinski definition) is 3. The Morgan fingerprint density at radius 3 is 2.54 bits per heavy atom. The molecule has 26 heavy (non-hydrogen) atoms. The van der Waals surface area contributed by atoms with Crippen LogP contribution in [-0.2, 0) is 9.59 Å². The van der Waals surface area contributed by atoms with Crippen molar-refractivity contribution in [1.82, 2.24) is 5.32 Å². The number of carbonyl (C=O) groups is 3. The highest BCUT2D eigenvalue weighted by molar-refractivity contribution is 6.08. The summed E-state index contributed by atoms with van der Waals surface area (Å²) in [6.45, 7) is 0. The molecule has 1 atom stereocenters. The van der Waals surface area contributed by atoms with E-state index in [-0.39, 0.29) is 30.2 Å². The number of anilines is 2. The number of hydrogen-bond acceptors (Lipinski definition) is 3. The summed E-state index contributed by atoms with van der Waals surface area (Å²) in [6.07, 6.45) is 2.07. The molecule has 4 rings (SSSR count). The minimum Gasteiger partial charge on any atom is -0.349 e. The number of benzene rings is 2. The maximum absolute atomic E-state index is 12.9. The second-order valence-electron chi connectivity index (χ2n) is 6.67. The van der Waals surface area contributed by atoms with Gasteiger partial charge >= 0.3 is 0 Å². The molecule has 0 saturated heterocycles. The summed E-state index contributed by atoms with van der Waals surface area (Å²) in [7, 11) is 0. The lowest BCUT2D eigenvalue weighted by molar-refractivity contribution is -0.123. The molecule has 0 spiro atoms. The zero-order valence-corrected chi connectivity index (χ0v) is 14.1. The van der Waals surface area contributed by atoms with E-state index in [1.165, 1.54) is 0 Å². The summed E-state index contributed by atoms with van der Waals surface area (Å²) in [4.78, 5) is 37.2. The lowest BCUT2D eigenvalue weighted by Gasteiger charge is -2.25. The predicted octanol–water partition coefficient (Wildman–Crippen LogP) is 2.64. The molecule has 6 nitrogen and oxygen atoms in total. The fraction of sp³-hybridized carbons (Fsp3) is 0.250. The second kappa shape index (κ2) is 6.63. The summed E-state index contributed by atoms with van der Waals surface area (Å²) < 4.78 is 0. The molecular formula is C20H19N3O3. The van der Waals surface area contributed by atoms with Gasteiger partial charge < -0.3 is 16.0 Å². The zero-order valence-electron chi connectivity index (χ0n) is 14.1. The van der Waals surface area contributed by atoms with Crippen molar-refractivity contribution in [3.63, 3.8) is 0 Å². The average Bonchev–Trinajstić information content (AvgIpc) is 3.45. The zero-order chi connectivity index (χ0) is 18.1. The quantitative estimate of drug-likeness (QED) is 0.793. The number of fused-ring (bicyclic) bond motifs is 1. The van der Waals surface area contributed by atoms with Crippen molar-refractivity contribution < 1.29 is 14.4 Å². The van der Waals surface area contributed by atoms with Crippen molar-refractivity contribution in [2.24, 2.45) is 0 Å². The molecule has 1 heterocycles. The van der Waals surface area contributed by atoms with Crippen molar-refractivity contribution in [1.29, 1.82) is 0 Å². The van der Waals surface area contributed by atoms with E-state index in [9.17, 15) is 14.4 Å². The van der Waals surface area contributed by atoms with E-state index < -0.39 is 5.92 Å². The Labute approximate surface area is 151 Å². The lowest BCUT2D eigenvalue weighted by Crippen LogP contribution is -2.32. The normalized spacial score (nSPS) is 18.5. The molecule has 1 aliphatic carbocycles. The van der Waals surface area contributed by atoms with Crippen LogP contribution in [0, 0.1) is 0 Å². The fourth-order valence-electron chi connectivity index (χ4n) is 3.15. The van der Waals surface area contributed by atoms with Gasteiger partial charge in [0, 0.05) is 18.2 Å². The fourth-order valence-corrected chi connectivity index (χ4v) is 3.15. The molecule has 0 bridgehead atoms. The third kappa shape index (κ3) is 3.31. The van der Waals surface area contributed by atoms with E-state index in [0.29, 0.717) is 16.9 Å². The van der Waals surface area contributed by atoms with Crippen molar-refractivity contribution >= 4 is 29.1 Å². The Morgan fingerprint density at radius 1 is 1.00 bits per heavy atom. The molecule has 3 N–H and O–H groups in total. The molecule has 3 amide bonds. The minimum atomic E-state index is -0.584. The van der Waals surface area contributed by atoms with E-state index in [1.54, 1.807) is 30.3 Å². The molecule has 2 aromatic carbocycles. The van der Waals surface area contributed by atoms with Gasteiger partial charge in [-0.15, -0.1) is 0 Å². The molecular weight excluding hydrogens is 330 g/mol. The van der Waals surface area contributed by atoms with Gasteiger partial charge in [-0.25, -0.2) is 0 Å². The van der Waals surface area contributed by atoms with Crippen LogP contribution in [0.2, 0.25) is 0 Å². The van der Waals surface area contributed by atoms with E-state index in [4.69, 9.17) is 0 Å². The van der Waals surface area contributed by atoms with Gasteiger partial charge in [-0.2, -0.15) is 0 Å². The van der Waals surface area contributed by atoms with E-state index in [1.807, 2.05) is 18.2 Å². The first-order valence-corrected chi connectivity index (χ1v) is 8.71. The maximum atomic E-state index is 12.9. The third-order valence-electron chi connectivity index (χ3n) is 4.66. The Kier molecular flexibility index (Phi) is 4.16. The summed E-state index contributed by atoms with van der Waals surface area (Å²) in [5, 5.41) is 8.55. The molecule has 0 aromatic heterocycles. The minimum absolute atomic E-state index is 0.0826. The van der Waals surface area contributed by atoms with Gasteiger partial charge in [0.25, 0.3) is 5.91 Å². The van der Waals surface area contributed by atoms with E-state index in [2.05, 4.69) is 16.0 Å². The molecule has 6 heteroatoms. The van der Waals surface area contributed by atoms with Crippen LogP contribution >= 0.6 is 0 Å². The smallest absolute Gasteiger partial charge is 0.253 e. The molecule has 132 valence electrons. The predicted molar refractivity (Wildman–Crippen MR) is 98.0 cm³/mol. The highest BCUT2D eigenvalue weighted by atomic mass is 16.2. The van der Waals surface area contributed by atoms with Crippen molar-refractivity contribution in [3.05, 3.63) is 59.7 Å². The maximum Gasteiger partial charge on any atom is 0.253 e. The first-order valence-electron chi connectivity index (χ1n) is 8.71. The van der Waals surface area contributed by atoms with E-state index >= 15 is 0 Å². The van der Waals surface area contributed by atoms with Crippen molar-refractivity contribution in [3.8, 4) is 0 Å². The topological polar surface area (TPSA) is 87.3 Å². The average molecular weight is 349 g/mol. The largest absolute Gasteiger partial charge is 0.349 e. The standard InChI is InChI=1S/C20H19N3O3/c24-18-11-15(13-5-1-3-7-16(13)22-18)20(26)23-17-8-4-2-6-14(17)19(25)21-12-9-10-12/h1-8,12,15H,9-11H2,(H,21,25)(H,22,24)(H,23,26)/t15-/m0/s1. The second-order valence-corrected chi connectivity index (χ2v) is 6.67. The van der Waals surface area contributed by atoms with Crippen LogP contribution < -0.4 is 16.0 Å².